The number of hydrogen-bond donors (Lipinski definition) is 0. The molecule has 1 nitrogen and oxygen atoms in total. The number of hydrogen-bond acceptors (Lipinski definition) is 3. The smallest absolute Gasteiger partial charge is 0.105 e. The molecule has 74 valence electrons. The van der Waals surface area contributed by atoms with Crippen molar-refractivity contribution in [1.82, 2.24) is 0 Å². The maximum absolute atomic E-state index is 12.0. The molecule has 2 aromatic rings. The zero-order chi connectivity index (χ0) is 10.1. The lowest BCUT2D eigenvalue weighted by molar-refractivity contribution is 0.685. The van der Waals surface area contributed by atoms with Crippen LogP contribution in [0.3, 0.4) is 0 Å². The lowest BCUT2D eigenvalue weighted by Gasteiger charge is -1.92. The molecule has 4 heteroatoms. The Balaban J connectivity index is 2.33. The standard InChI is InChI=1S/C10H10OS3/c1-7-3-9(12-5-7)14(11)10-4-8(2)6-13-10/h3-6H,1-2H3. The molecule has 0 spiro atoms. The summed E-state index contributed by atoms with van der Waals surface area (Å²) in [4.78, 5) is 0. The lowest BCUT2D eigenvalue weighted by Crippen LogP contribution is -1.84. The van der Waals surface area contributed by atoms with Gasteiger partial charge in [-0.05, 0) is 47.9 Å². The van der Waals surface area contributed by atoms with E-state index in [1.165, 1.54) is 11.1 Å². The van der Waals surface area contributed by atoms with Gasteiger partial charge in [-0.3, -0.25) is 0 Å². The van der Waals surface area contributed by atoms with E-state index in [1.807, 2.05) is 36.7 Å². The van der Waals surface area contributed by atoms with E-state index in [-0.39, 0.29) is 0 Å². The molecule has 0 atom stereocenters. The SMILES string of the molecule is Cc1csc(S(=O)c2cc(C)cs2)c1. The average molecular weight is 242 g/mol. The van der Waals surface area contributed by atoms with E-state index in [4.69, 9.17) is 0 Å². The Morgan fingerprint density at radius 3 is 1.71 bits per heavy atom. The topological polar surface area (TPSA) is 17.1 Å². The quantitative estimate of drug-likeness (QED) is 0.786. The molecule has 0 aliphatic heterocycles. The fraction of sp³-hybridized carbons (Fsp3) is 0.200. The van der Waals surface area contributed by atoms with Crippen LogP contribution >= 0.6 is 22.7 Å². The summed E-state index contributed by atoms with van der Waals surface area (Å²) in [5, 5.41) is 4.07. The monoisotopic (exact) mass is 242 g/mol. The maximum Gasteiger partial charge on any atom is 0.105 e. The van der Waals surface area contributed by atoms with Gasteiger partial charge in [-0.15, -0.1) is 22.7 Å². The van der Waals surface area contributed by atoms with Gasteiger partial charge in [0.15, 0.2) is 0 Å². The molecule has 0 saturated carbocycles. The van der Waals surface area contributed by atoms with Gasteiger partial charge in [-0.25, -0.2) is 4.21 Å². The zero-order valence-corrected chi connectivity index (χ0v) is 10.4. The summed E-state index contributed by atoms with van der Waals surface area (Å²) < 4.78 is 13.9. The van der Waals surface area contributed by atoms with Crippen molar-refractivity contribution >= 4 is 33.5 Å². The van der Waals surface area contributed by atoms with Gasteiger partial charge in [0.05, 0.1) is 8.42 Å². The summed E-state index contributed by atoms with van der Waals surface area (Å²) in [5.41, 5.74) is 2.37. The molecule has 2 heterocycles. The van der Waals surface area contributed by atoms with Crippen LogP contribution < -0.4 is 0 Å². The maximum atomic E-state index is 12.0. The van der Waals surface area contributed by atoms with E-state index >= 15 is 0 Å². The van der Waals surface area contributed by atoms with Gasteiger partial charge in [0.1, 0.15) is 10.8 Å². The highest BCUT2D eigenvalue weighted by Gasteiger charge is 2.10. The van der Waals surface area contributed by atoms with Gasteiger partial charge in [-0.1, -0.05) is 0 Å². The van der Waals surface area contributed by atoms with Gasteiger partial charge in [0, 0.05) is 0 Å². The second kappa shape index (κ2) is 3.96. The summed E-state index contributed by atoms with van der Waals surface area (Å²) in [6, 6.07) is 3.99. The highest BCUT2D eigenvalue weighted by atomic mass is 32.2. The Morgan fingerprint density at radius 1 is 1.00 bits per heavy atom. The molecular formula is C10H10OS3. The molecule has 2 aromatic heterocycles. The third-order valence-electron chi connectivity index (χ3n) is 1.78. The molecule has 0 aromatic carbocycles. The Kier molecular flexibility index (Phi) is 2.85. The van der Waals surface area contributed by atoms with Crippen LogP contribution in [-0.4, -0.2) is 4.21 Å². The fourth-order valence-electron chi connectivity index (χ4n) is 1.10. The van der Waals surface area contributed by atoms with Crippen LogP contribution in [0, 0.1) is 13.8 Å². The van der Waals surface area contributed by atoms with Crippen molar-refractivity contribution in [3.63, 3.8) is 0 Å². The zero-order valence-electron chi connectivity index (χ0n) is 7.94. The van der Waals surface area contributed by atoms with Crippen molar-refractivity contribution in [2.75, 3.05) is 0 Å². The largest absolute Gasteiger partial charge is 0.247 e. The third kappa shape index (κ3) is 1.97. The first-order valence-electron chi connectivity index (χ1n) is 4.19. The Bertz CT molecular complexity index is 425. The summed E-state index contributed by atoms with van der Waals surface area (Å²) in [6.07, 6.45) is 0. The summed E-state index contributed by atoms with van der Waals surface area (Å²) in [5.74, 6) is 0. The van der Waals surface area contributed by atoms with E-state index in [2.05, 4.69) is 0 Å². The first-order valence-corrected chi connectivity index (χ1v) is 7.10. The molecule has 0 unspecified atom stereocenters. The van der Waals surface area contributed by atoms with E-state index in [0.29, 0.717) is 0 Å². The van der Waals surface area contributed by atoms with Crippen LogP contribution in [0.25, 0.3) is 0 Å². The first-order chi connectivity index (χ1) is 6.66. The highest BCUT2D eigenvalue weighted by molar-refractivity contribution is 7.89. The minimum Gasteiger partial charge on any atom is -0.247 e. The number of aryl methyl sites for hydroxylation is 2. The third-order valence-corrected chi connectivity index (χ3v) is 5.91. The molecule has 0 amide bonds. The van der Waals surface area contributed by atoms with Crippen LogP contribution in [0.15, 0.2) is 31.3 Å². The van der Waals surface area contributed by atoms with Crippen molar-refractivity contribution < 1.29 is 4.21 Å². The van der Waals surface area contributed by atoms with Crippen molar-refractivity contribution in [2.24, 2.45) is 0 Å². The highest BCUT2D eigenvalue weighted by Crippen LogP contribution is 2.27. The molecule has 0 fully saturated rings. The van der Waals surface area contributed by atoms with E-state index in [9.17, 15) is 4.21 Å². The van der Waals surface area contributed by atoms with Crippen LogP contribution in [0.2, 0.25) is 0 Å². The van der Waals surface area contributed by atoms with E-state index in [0.717, 1.165) is 8.42 Å². The van der Waals surface area contributed by atoms with Crippen LogP contribution in [-0.2, 0) is 10.8 Å². The fourth-order valence-corrected chi connectivity index (χ4v) is 4.82. The van der Waals surface area contributed by atoms with Crippen LogP contribution in [0.4, 0.5) is 0 Å². The van der Waals surface area contributed by atoms with Crippen molar-refractivity contribution in [3.05, 3.63) is 34.0 Å². The first kappa shape index (κ1) is 10.1. The minimum absolute atomic E-state index is 0.948. The van der Waals surface area contributed by atoms with Crippen molar-refractivity contribution in [2.45, 2.75) is 22.3 Å². The molecule has 2 rings (SSSR count). The van der Waals surface area contributed by atoms with E-state index < -0.39 is 10.8 Å². The Labute approximate surface area is 93.9 Å². The second-order valence-electron chi connectivity index (χ2n) is 3.15. The second-order valence-corrected chi connectivity index (χ2v) is 6.91. The normalized spacial score (nSPS) is 11.1. The molecule has 14 heavy (non-hydrogen) atoms. The van der Waals surface area contributed by atoms with Gasteiger partial charge in [0.2, 0.25) is 0 Å². The van der Waals surface area contributed by atoms with E-state index in [1.54, 1.807) is 22.7 Å². The average Bonchev–Trinajstić information content (AvgIpc) is 2.73. The molecule has 0 N–H and O–H groups in total. The van der Waals surface area contributed by atoms with Gasteiger partial charge in [-0.2, -0.15) is 0 Å². The van der Waals surface area contributed by atoms with Crippen molar-refractivity contribution in [1.29, 1.82) is 0 Å². The van der Waals surface area contributed by atoms with Gasteiger partial charge < -0.3 is 0 Å². The Morgan fingerprint density at radius 2 is 1.43 bits per heavy atom. The van der Waals surface area contributed by atoms with Crippen molar-refractivity contribution in [3.8, 4) is 0 Å². The van der Waals surface area contributed by atoms with Crippen LogP contribution in [0.5, 0.6) is 0 Å². The molecule has 0 saturated heterocycles. The molecule has 0 aliphatic carbocycles. The number of rotatable bonds is 2. The lowest BCUT2D eigenvalue weighted by atomic mass is 10.4. The predicted molar refractivity (Wildman–Crippen MR) is 62.8 cm³/mol. The van der Waals surface area contributed by atoms with Gasteiger partial charge >= 0.3 is 0 Å². The molecular weight excluding hydrogens is 232 g/mol. The summed E-state index contributed by atoms with van der Waals surface area (Å²) >= 11 is 3.14. The summed E-state index contributed by atoms with van der Waals surface area (Å²) in [7, 11) is -0.968. The predicted octanol–water partition coefficient (Wildman–Crippen LogP) is 3.59. The number of thiophene rings is 2. The molecule has 0 radical (unpaired) electrons. The minimum atomic E-state index is -0.968. The Hall–Kier alpha value is -0.450. The molecule has 0 aliphatic rings. The van der Waals surface area contributed by atoms with Crippen LogP contribution in [0.1, 0.15) is 11.1 Å². The summed E-state index contributed by atoms with van der Waals surface area (Å²) in [6.45, 7) is 4.05. The molecule has 0 bridgehead atoms. The van der Waals surface area contributed by atoms with Gasteiger partial charge in [0.25, 0.3) is 0 Å².